The number of amides is 1. The normalized spacial score (nSPS) is 16.9. The fourth-order valence-corrected chi connectivity index (χ4v) is 4.87. The highest BCUT2D eigenvalue weighted by atomic mass is 16.6. The Hall–Kier alpha value is -3.96. The number of carbonyl (C=O) groups is 3. The Labute approximate surface area is 228 Å². The molecular formula is C27H37N7O5. The molecule has 39 heavy (non-hydrogen) atoms. The number of carboxylic acid groups (broad SMARTS) is 1. The van der Waals surface area contributed by atoms with E-state index in [0.29, 0.717) is 17.6 Å². The van der Waals surface area contributed by atoms with Crippen LogP contribution in [0.15, 0.2) is 12.1 Å². The molecular weight excluding hydrogens is 502 g/mol. The van der Waals surface area contributed by atoms with E-state index in [2.05, 4.69) is 43.0 Å². The number of anilines is 3. The van der Waals surface area contributed by atoms with E-state index in [-0.39, 0.29) is 12.3 Å². The zero-order valence-electron chi connectivity index (χ0n) is 22.9. The van der Waals surface area contributed by atoms with E-state index in [1.54, 1.807) is 6.92 Å². The maximum atomic E-state index is 12.0. The van der Waals surface area contributed by atoms with E-state index in [1.165, 1.54) is 19.4 Å². The lowest BCUT2D eigenvalue weighted by atomic mass is 9.92. The SMILES string of the molecule is CC(=O)[C@H](C)OC(=O)N[C@@H](CNc1nc(C)nc(N2CCC(c3ccc4c(n3)NCCC4)CC2)c1C)C(=O)O. The van der Waals surface area contributed by atoms with Gasteiger partial charge in [-0.05, 0) is 65.0 Å². The number of Topliss-reactive ketones (excluding diaryl/α,β-unsaturated/α-hetero) is 1. The first-order chi connectivity index (χ1) is 18.6. The van der Waals surface area contributed by atoms with Crippen molar-refractivity contribution in [3.63, 3.8) is 0 Å². The highest BCUT2D eigenvalue weighted by Crippen LogP contribution is 2.33. The fourth-order valence-electron chi connectivity index (χ4n) is 4.87. The molecule has 0 radical (unpaired) electrons. The van der Waals surface area contributed by atoms with Gasteiger partial charge in [-0.15, -0.1) is 0 Å². The number of aliphatic carboxylic acids is 1. The number of nitrogens with one attached hydrogen (secondary N) is 3. The molecule has 2 aliphatic heterocycles. The number of rotatable bonds is 9. The molecule has 0 unspecified atom stereocenters. The summed E-state index contributed by atoms with van der Waals surface area (Å²) in [6.07, 6.45) is 2.16. The molecule has 0 bridgehead atoms. The molecule has 0 spiro atoms. The number of fused-ring (bicyclic) bond motifs is 1. The predicted molar refractivity (Wildman–Crippen MR) is 146 cm³/mol. The number of ether oxygens (including phenoxy) is 1. The van der Waals surface area contributed by atoms with Crippen LogP contribution in [0.5, 0.6) is 0 Å². The van der Waals surface area contributed by atoms with Gasteiger partial charge in [0.1, 0.15) is 29.3 Å². The third-order valence-electron chi connectivity index (χ3n) is 7.28. The minimum atomic E-state index is -1.29. The van der Waals surface area contributed by atoms with Gasteiger partial charge in [0.15, 0.2) is 11.9 Å². The first-order valence-electron chi connectivity index (χ1n) is 13.4. The number of carboxylic acids is 1. The van der Waals surface area contributed by atoms with Crippen molar-refractivity contribution in [1.29, 1.82) is 0 Å². The Morgan fingerprint density at radius 1 is 1.18 bits per heavy atom. The zero-order valence-corrected chi connectivity index (χ0v) is 22.9. The number of aromatic nitrogens is 3. The second-order valence-corrected chi connectivity index (χ2v) is 10.2. The van der Waals surface area contributed by atoms with E-state index in [9.17, 15) is 19.5 Å². The summed E-state index contributed by atoms with van der Waals surface area (Å²) >= 11 is 0. The summed E-state index contributed by atoms with van der Waals surface area (Å²) in [6, 6.07) is 3.08. The van der Waals surface area contributed by atoms with Crippen molar-refractivity contribution in [3.05, 3.63) is 34.8 Å². The minimum absolute atomic E-state index is 0.129. The average Bonchev–Trinajstić information content (AvgIpc) is 2.92. The van der Waals surface area contributed by atoms with Gasteiger partial charge in [0, 0.05) is 43.4 Å². The number of ketones is 1. The average molecular weight is 540 g/mol. The first kappa shape index (κ1) is 28.1. The van der Waals surface area contributed by atoms with Gasteiger partial charge in [0.2, 0.25) is 0 Å². The quantitative estimate of drug-likeness (QED) is 0.371. The third-order valence-corrected chi connectivity index (χ3v) is 7.28. The number of hydrogen-bond donors (Lipinski definition) is 4. The van der Waals surface area contributed by atoms with Crippen molar-refractivity contribution in [2.75, 3.05) is 41.7 Å². The number of carbonyl (C=O) groups excluding carboxylic acids is 2. The van der Waals surface area contributed by atoms with Gasteiger partial charge in [-0.1, -0.05) is 6.07 Å². The fraction of sp³-hybridized carbons (Fsp3) is 0.556. The summed E-state index contributed by atoms with van der Waals surface area (Å²) in [4.78, 5) is 51.4. The van der Waals surface area contributed by atoms with Crippen LogP contribution in [0.3, 0.4) is 0 Å². The second-order valence-electron chi connectivity index (χ2n) is 10.2. The molecule has 2 aromatic heterocycles. The first-order valence-corrected chi connectivity index (χ1v) is 13.4. The van der Waals surface area contributed by atoms with Crippen molar-refractivity contribution in [2.24, 2.45) is 0 Å². The Morgan fingerprint density at radius 2 is 1.92 bits per heavy atom. The summed E-state index contributed by atoms with van der Waals surface area (Å²) < 4.78 is 4.92. The molecule has 1 fully saturated rings. The summed E-state index contributed by atoms with van der Waals surface area (Å²) in [7, 11) is 0. The smallest absolute Gasteiger partial charge is 0.408 e. The Morgan fingerprint density at radius 3 is 2.62 bits per heavy atom. The Kier molecular flexibility index (Phi) is 8.82. The highest BCUT2D eigenvalue weighted by Gasteiger charge is 2.27. The van der Waals surface area contributed by atoms with E-state index in [1.807, 2.05) is 6.92 Å². The van der Waals surface area contributed by atoms with Gasteiger partial charge in [0.05, 0.1) is 0 Å². The molecule has 0 saturated carbocycles. The molecule has 4 rings (SSSR count). The van der Waals surface area contributed by atoms with Gasteiger partial charge < -0.3 is 30.7 Å². The molecule has 0 aliphatic carbocycles. The van der Waals surface area contributed by atoms with Gasteiger partial charge in [-0.25, -0.2) is 24.5 Å². The number of nitrogens with zero attached hydrogens (tertiary/aromatic N) is 4. The van der Waals surface area contributed by atoms with Crippen LogP contribution in [-0.4, -0.2) is 76.2 Å². The van der Waals surface area contributed by atoms with Crippen molar-refractivity contribution in [1.82, 2.24) is 20.3 Å². The van der Waals surface area contributed by atoms with Crippen molar-refractivity contribution in [3.8, 4) is 0 Å². The van der Waals surface area contributed by atoms with Crippen LogP contribution in [0.25, 0.3) is 0 Å². The second kappa shape index (κ2) is 12.3. The van der Waals surface area contributed by atoms with Gasteiger partial charge in [0.25, 0.3) is 0 Å². The monoisotopic (exact) mass is 539 g/mol. The molecule has 1 amide bonds. The number of piperidine rings is 1. The number of hydrogen-bond acceptors (Lipinski definition) is 10. The lowest BCUT2D eigenvalue weighted by molar-refractivity contribution is -0.139. The summed E-state index contributed by atoms with van der Waals surface area (Å²) in [5.41, 5.74) is 3.22. The van der Waals surface area contributed by atoms with Crippen LogP contribution < -0.4 is 20.9 Å². The summed E-state index contributed by atoms with van der Waals surface area (Å²) in [6.45, 7) is 8.86. The maximum absolute atomic E-state index is 12.0. The molecule has 12 nitrogen and oxygen atoms in total. The van der Waals surface area contributed by atoms with Crippen LogP contribution in [-0.2, 0) is 20.7 Å². The number of pyridine rings is 1. The van der Waals surface area contributed by atoms with E-state index in [0.717, 1.165) is 68.2 Å². The van der Waals surface area contributed by atoms with E-state index in [4.69, 9.17) is 9.72 Å². The molecule has 4 N–H and O–H groups in total. The summed E-state index contributed by atoms with van der Waals surface area (Å²) in [5.74, 6) is 1.68. The van der Waals surface area contributed by atoms with Crippen molar-refractivity contribution in [2.45, 2.75) is 71.4 Å². The Bertz CT molecular complexity index is 1230. The van der Waals surface area contributed by atoms with Crippen LogP contribution in [0.2, 0.25) is 0 Å². The lowest BCUT2D eigenvalue weighted by Crippen LogP contribution is -2.46. The standard InChI is InChI=1S/C27H37N7O5/c1-15-23(29-14-22(26(36)37)33-27(38)39-17(3)16(2)35)30-18(4)31-25(15)34-12-9-19(10-13-34)21-8-7-20-6-5-11-28-24(20)32-21/h7-8,17,19,22H,5-6,9-14H2,1-4H3,(H,28,32)(H,33,38)(H,36,37)(H,29,30,31)/t17-,22-/m0/s1. The topological polar surface area (TPSA) is 159 Å². The molecule has 12 heteroatoms. The van der Waals surface area contributed by atoms with Gasteiger partial charge in [-0.2, -0.15) is 0 Å². The molecule has 2 aromatic rings. The lowest BCUT2D eigenvalue weighted by Gasteiger charge is -2.34. The molecule has 210 valence electrons. The maximum Gasteiger partial charge on any atom is 0.408 e. The largest absolute Gasteiger partial charge is 0.480 e. The molecule has 1 saturated heterocycles. The number of alkyl carbamates (subject to hydrolysis) is 1. The third kappa shape index (κ3) is 6.92. The molecule has 4 heterocycles. The van der Waals surface area contributed by atoms with Crippen LogP contribution in [0.4, 0.5) is 22.2 Å². The minimum Gasteiger partial charge on any atom is -0.480 e. The van der Waals surface area contributed by atoms with E-state index < -0.39 is 24.2 Å². The van der Waals surface area contributed by atoms with Crippen LogP contribution >= 0.6 is 0 Å². The molecule has 0 aromatic carbocycles. The van der Waals surface area contributed by atoms with Crippen LogP contribution in [0, 0.1) is 13.8 Å². The van der Waals surface area contributed by atoms with Gasteiger partial charge in [-0.3, -0.25) is 4.79 Å². The Balaban J connectivity index is 1.39. The molecule has 2 aliphatic rings. The molecule has 2 atom stereocenters. The van der Waals surface area contributed by atoms with Crippen LogP contribution in [0.1, 0.15) is 61.7 Å². The predicted octanol–water partition coefficient (Wildman–Crippen LogP) is 2.80. The van der Waals surface area contributed by atoms with E-state index >= 15 is 0 Å². The van der Waals surface area contributed by atoms with Crippen molar-refractivity contribution >= 4 is 35.3 Å². The highest BCUT2D eigenvalue weighted by molar-refractivity contribution is 5.84. The zero-order chi connectivity index (χ0) is 28.1. The number of aryl methyl sites for hydroxylation is 2. The van der Waals surface area contributed by atoms with Crippen molar-refractivity contribution < 1.29 is 24.2 Å². The summed E-state index contributed by atoms with van der Waals surface area (Å²) in [5, 5.41) is 18.3. The van der Waals surface area contributed by atoms with Gasteiger partial charge >= 0.3 is 12.1 Å².